The average molecular weight is 289 g/mol. The maximum atomic E-state index is 12.7. The van der Waals surface area contributed by atoms with Crippen LogP contribution in [0.15, 0.2) is 18.2 Å². The maximum absolute atomic E-state index is 12.7. The smallest absolute Gasteiger partial charge is 0.335 e. The number of carboxylic acid groups (broad SMARTS) is 1. The molecule has 1 fully saturated rings. The molecule has 2 aliphatic heterocycles. The van der Waals surface area contributed by atoms with Gasteiger partial charge < -0.3 is 14.7 Å². The predicted octanol–water partition coefficient (Wildman–Crippen LogP) is 2.09. The molecule has 5 heteroatoms. The van der Waals surface area contributed by atoms with Crippen LogP contribution in [0.1, 0.15) is 35.7 Å². The number of aromatic carboxylic acids is 1. The van der Waals surface area contributed by atoms with Crippen LogP contribution in [0.2, 0.25) is 0 Å². The fourth-order valence-corrected chi connectivity index (χ4v) is 3.22. The summed E-state index contributed by atoms with van der Waals surface area (Å²) in [6.45, 7) is 3.27. The molecule has 5 nitrogen and oxygen atoms in total. The van der Waals surface area contributed by atoms with Gasteiger partial charge in [-0.25, -0.2) is 4.79 Å². The third kappa shape index (κ3) is 2.53. The summed E-state index contributed by atoms with van der Waals surface area (Å²) in [4.78, 5) is 25.6. The van der Waals surface area contributed by atoms with E-state index in [-0.39, 0.29) is 23.5 Å². The highest BCUT2D eigenvalue weighted by molar-refractivity contribution is 5.97. The number of nitrogens with zero attached hydrogens (tertiary/aromatic N) is 1. The van der Waals surface area contributed by atoms with Crippen molar-refractivity contribution in [3.05, 3.63) is 29.3 Å². The standard InChI is InChI=1S/C16H19NO4/c1-10-13(6-8-21-10)15(18)17-7-2-3-11-9-12(16(19)20)4-5-14(11)17/h4-5,9-10,13H,2-3,6-8H2,1H3,(H,19,20). The number of carboxylic acids is 1. The van der Waals surface area contributed by atoms with Gasteiger partial charge >= 0.3 is 5.97 Å². The van der Waals surface area contributed by atoms with Gasteiger partial charge in [0.2, 0.25) is 5.91 Å². The topological polar surface area (TPSA) is 66.8 Å². The predicted molar refractivity (Wildman–Crippen MR) is 77.6 cm³/mol. The van der Waals surface area contributed by atoms with Crippen molar-refractivity contribution >= 4 is 17.6 Å². The Morgan fingerprint density at radius 2 is 2.19 bits per heavy atom. The summed E-state index contributed by atoms with van der Waals surface area (Å²) in [6.07, 6.45) is 2.40. The van der Waals surface area contributed by atoms with Crippen molar-refractivity contribution in [1.82, 2.24) is 0 Å². The van der Waals surface area contributed by atoms with Crippen molar-refractivity contribution in [2.75, 3.05) is 18.1 Å². The zero-order valence-corrected chi connectivity index (χ0v) is 12.0. The molecule has 1 N–H and O–H groups in total. The van der Waals surface area contributed by atoms with Gasteiger partial charge in [-0.1, -0.05) is 0 Å². The number of amides is 1. The number of ether oxygens (including phenoxy) is 1. The lowest BCUT2D eigenvalue weighted by Crippen LogP contribution is -2.41. The fourth-order valence-electron chi connectivity index (χ4n) is 3.22. The number of carbonyl (C=O) groups excluding carboxylic acids is 1. The molecule has 2 atom stereocenters. The zero-order valence-electron chi connectivity index (χ0n) is 12.0. The van der Waals surface area contributed by atoms with Crippen LogP contribution >= 0.6 is 0 Å². The van der Waals surface area contributed by atoms with E-state index in [1.807, 2.05) is 6.92 Å². The van der Waals surface area contributed by atoms with Crippen molar-refractivity contribution in [2.24, 2.45) is 5.92 Å². The average Bonchev–Trinajstić information content (AvgIpc) is 2.91. The molecule has 1 aromatic carbocycles. The van der Waals surface area contributed by atoms with Gasteiger partial charge in [0.25, 0.3) is 0 Å². The first kappa shape index (κ1) is 14.1. The van der Waals surface area contributed by atoms with E-state index >= 15 is 0 Å². The minimum absolute atomic E-state index is 0.0406. The Kier molecular flexibility index (Phi) is 3.68. The Morgan fingerprint density at radius 3 is 2.86 bits per heavy atom. The maximum Gasteiger partial charge on any atom is 0.335 e. The van der Waals surface area contributed by atoms with E-state index in [4.69, 9.17) is 9.84 Å². The van der Waals surface area contributed by atoms with E-state index in [0.717, 1.165) is 30.5 Å². The van der Waals surface area contributed by atoms with Gasteiger partial charge in [0.05, 0.1) is 17.6 Å². The normalized spacial score (nSPS) is 24.7. The lowest BCUT2D eigenvalue weighted by molar-refractivity contribution is -0.123. The lowest BCUT2D eigenvalue weighted by Gasteiger charge is -2.32. The van der Waals surface area contributed by atoms with Gasteiger partial charge in [-0.05, 0) is 49.9 Å². The summed E-state index contributed by atoms with van der Waals surface area (Å²) in [5.41, 5.74) is 2.08. The highest BCUT2D eigenvalue weighted by Crippen LogP contribution is 2.32. The third-order valence-electron chi connectivity index (χ3n) is 4.40. The minimum atomic E-state index is -0.931. The molecule has 2 unspecified atom stereocenters. The van der Waals surface area contributed by atoms with Crippen LogP contribution in [0.5, 0.6) is 0 Å². The second kappa shape index (κ2) is 5.48. The fraction of sp³-hybridized carbons (Fsp3) is 0.500. The molecule has 1 amide bonds. The Hall–Kier alpha value is -1.88. The summed E-state index contributed by atoms with van der Waals surface area (Å²) in [5, 5.41) is 9.07. The number of carbonyl (C=O) groups is 2. The van der Waals surface area contributed by atoms with E-state index < -0.39 is 5.97 Å². The highest BCUT2D eigenvalue weighted by atomic mass is 16.5. The summed E-state index contributed by atoms with van der Waals surface area (Å²) in [7, 11) is 0. The first-order valence-corrected chi connectivity index (χ1v) is 7.37. The molecule has 0 saturated carbocycles. The quantitative estimate of drug-likeness (QED) is 0.905. The van der Waals surface area contributed by atoms with Crippen LogP contribution in [0.3, 0.4) is 0 Å². The molecule has 112 valence electrons. The number of fused-ring (bicyclic) bond motifs is 1. The molecule has 0 aliphatic carbocycles. The van der Waals surface area contributed by atoms with Crippen molar-refractivity contribution in [3.63, 3.8) is 0 Å². The number of hydrogen-bond acceptors (Lipinski definition) is 3. The van der Waals surface area contributed by atoms with Crippen LogP contribution in [-0.2, 0) is 16.0 Å². The molecule has 2 heterocycles. The van der Waals surface area contributed by atoms with Gasteiger partial charge in [-0.15, -0.1) is 0 Å². The molecule has 2 aliphatic rings. The summed E-state index contributed by atoms with van der Waals surface area (Å²) < 4.78 is 5.49. The van der Waals surface area contributed by atoms with Crippen molar-refractivity contribution in [1.29, 1.82) is 0 Å². The first-order valence-electron chi connectivity index (χ1n) is 7.37. The van der Waals surface area contributed by atoms with Crippen LogP contribution < -0.4 is 4.90 Å². The molecular weight excluding hydrogens is 270 g/mol. The monoisotopic (exact) mass is 289 g/mol. The number of rotatable bonds is 2. The first-order chi connectivity index (χ1) is 10.1. The van der Waals surface area contributed by atoms with Crippen molar-refractivity contribution in [3.8, 4) is 0 Å². The summed E-state index contributed by atoms with van der Waals surface area (Å²) in [5.74, 6) is -0.918. The largest absolute Gasteiger partial charge is 0.478 e. The molecule has 3 rings (SSSR count). The Bertz CT molecular complexity index is 584. The van der Waals surface area contributed by atoms with Crippen LogP contribution in [0, 0.1) is 5.92 Å². The van der Waals surface area contributed by atoms with Gasteiger partial charge in [-0.2, -0.15) is 0 Å². The SMILES string of the molecule is CC1OCCC1C(=O)N1CCCc2cc(C(=O)O)ccc21. The second-order valence-electron chi connectivity index (χ2n) is 5.71. The zero-order chi connectivity index (χ0) is 15.0. The Morgan fingerprint density at radius 1 is 1.38 bits per heavy atom. The minimum Gasteiger partial charge on any atom is -0.478 e. The molecular formula is C16H19NO4. The van der Waals surface area contributed by atoms with Crippen LogP contribution in [-0.4, -0.2) is 36.2 Å². The summed E-state index contributed by atoms with van der Waals surface area (Å²) in [6, 6.07) is 5.02. The van der Waals surface area contributed by atoms with Crippen LogP contribution in [0.4, 0.5) is 5.69 Å². The third-order valence-corrected chi connectivity index (χ3v) is 4.40. The molecule has 0 spiro atoms. The van der Waals surface area contributed by atoms with Crippen molar-refractivity contribution in [2.45, 2.75) is 32.3 Å². The summed E-state index contributed by atoms with van der Waals surface area (Å²) >= 11 is 0. The van der Waals surface area contributed by atoms with Crippen LogP contribution in [0.25, 0.3) is 0 Å². The van der Waals surface area contributed by atoms with Crippen molar-refractivity contribution < 1.29 is 19.4 Å². The number of hydrogen-bond donors (Lipinski definition) is 1. The highest BCUT2D eigenvalue weighted by Gasteiger charge is 2.35. The number of aryl methyl sites for hydroxylation is 1. The molecule has 1 aromatic rings. The number of anilines is 1. The Labute approximate surface area is 123 Å². The van der Waals surface area contributed by atoms with E-state index in [2.05, 4.69) is 0 Å². The Balaban J connectivity index is 1.90. The van der Waals surface area contributed by atoms with Gasteiger partial charge in [-0.3, -0.25) is 4.79 Å². The lowest BCUT2D eigenvalue weighted by atomic mass is 9.95. The number of benzene rings is 1. The molecule has 0 radical (unpaired) electrons. The molecule has 0 bridgehead atoms. The van der Waals surface area contributed by atoms with Gasteiger partial charge in [0.15, 0.2) is 0 Å². The van der Waals surface area contributed by atoms with Gasteiger partial charge in [0, 0.05) is 18.8 Å². The molecule has 1 saturated heterocycles. The van der Waals surface area contributed by atoms with E-state index in [0.29, 0.717) is 13.2 Å². The van der Waals surface area contributed by atoms with E-state index in [1.165, 1.54) is 0 Å². The van der Waals surface area contributed by atoms with E-state index in [9.17, 15) is 9.59 Å². The molecule has 21 heavy (non-hydrogen) atoms. The molecule has 0 aromatic heterocycles. The van der Waals surface area contributed by atoms with E-state index in [1.54, 1.807) is 23.1 Å². The second-order valence-corrected chi connectivity index (χ2v) is 5.71. The van der Waals surface area contributed by atoms with Gasteiger partial charge in [0.1, 0.15) is 0 Å².